The van der Waals surface area contributed by atoms with Crippen LogP contribution in [0.5, 0.6) is 28.7 Å². The van der Waals surface area contributed by atoms with Crippen LogP contribution in [0.15, 0.2) is 350 Å². The van der Waals surface area contributed by atoms with Crippen LogP contribution in [-0.4, -0.2) is 133 Å². The molecule has 0 unspecified atom stereocenters. The van der Waals surface area contributed by atoms with E-state index in [0.717, 1.165) is 50.1 Å². The highest BCUT2D eigenvalue weighted by Gasteiger charge is 2.35. The Morgan fingerprint density at radius 1 is 0.306 bits per heavy atom. The topological polar surface area (TPSA) is 384 Å². The zero-order valence-electron chi connectivity index (χ0n) is 74.2. The first-order valence-electron chi connectivity index (χ1n) is 42.0. The zero-order chi connectivity index (χ0) is 102. The van der Waals surface area contributed by atoms with E-state index in [2.05, 4.69) is 49.5 Å². The molecule has 0 spiro atoms. The first-order valence-corrected chi connectivity index (χ1v) is 42.0. The molecule has 0 radical (unpaired) electrons. The van der Waals surface area contributed by atoms with Crippen LogP contribution in [-0.2, 0) is 4.74 Å². The summed E-state index contributed by atoms with van der Waals surface area (Å²) in [5.74, 6) is 0.623. The van der Waals surface area contributed by atoms with Gasteiger partial charge >= 0.3 is 25.1 Å². The lowest BCUT2D eigenvalue weighted by Crippen LogP contribution is -2.21. The van der Waals surface area contributed by atoms with Crippen molar-refractivity contribution < 1.29 is 128 Å². The summed E-state index contributed by atoms with van der Waals surface area (Å²) in [6.07, 6.45) is 24.4. The van der Waals surface area contributed by atoms with E-state index in [1.165, 1.54) is 107 Å². The summed E-state index contributed by atoms with van der Waals surface area (Å²) in [5.41, 5.74) is 5.35. The number of halogens is 9. The minimum atomic E-state index is -4.89. The Hall–Kier alpha value is -19.9. The van der Waals surface area contributed by atoms with Gasteiger partial charge in [0.2, 0.25) is 6.79 Å². The van der Waals surface area contributed by atoms with Crippen molar-refractivity contribution in [3.05, 3.63) is 437 Å². The molecule has 0 saturated carbocycles. The quantitative estimate of drug-likeness (QED) is 0.0449. The molecular formula is C103H70F9N13O19. The molecule has 6 aromatic carbocycles. The molecule has 18 aromatic rings. The van der Waals surface area contributed by atoms with Crippen LogP contribution in [0.25, 0.3) is 72.9 Å². The highest BCUT2D eigenvalue weighted by atomic mass is 19.4. The highest BCUT2D eigenvalue weighted by molar-refractivity contribution is 6.01. The van der Waals surface area contributed by atoms with Crippen molar-refractivity contribution in [2.75, 3.05) is 13.9 Å². The fraction of sp³-hybridized carbons (Fsp3) is 0.0485. The van der Waals surface area contributed by atoms with Crippen LogP contribution in [0, 0.1) is 11.3 Å². The minimum Gasteiger partial charge on any atom is -0.465 e. The molecule has 144 heavy (non-hydrogen) atoms. The molecular weight excluding hydrogens is 1890 g/mol. The number of methoxy groups -OCH3 is 1. The standard InChI is InChI=1S/C18H14N2O4.3C17H11F3N2O3.C17H11N3O2.C17H12N2O4/c1-23-18(22)14-5-2-4-13(12-14)17(21)20-10-9-15(19-20)7-8-16-6-3-11-24-16;18-17(19,20)25-15-4-1-3-12(11-15)16(23)22-9-8-13(21-22)6-7-14-5-2-10-24-14;18-17(19,20)25-15-6-3-12(4-7-15)16(23)22-10-9-13(21-22)5-8-14-2-1-11-24-14;18-17(19,20)25-15-6-2-1-5-14(15)16(23)22-10-9-12(21-22)7-8-13-4-3-11-24-13;18-12-13-3-1-4-14(11-13)17(21)20-9-8-15(19-20)6-7-16-5-2-10-22-16;20-17(12-3-6-15-16(10-12)23-11-22-15)19-8-7-13(18-19)4-5-14-2-1-9-21-14/h2-12H,1H3;3*1-11H;1-11H;1-10H,11H2/b8-7+;7-6+;8-5+;8-7+;7-6+;5-4+. The molecule has 0 fully saturated rings. The zero-order valence-corrected chi connectivity index (χ0v) is 74.2. The minimum absolute atomic E-state index is 0.0198. The third kappa shape index (κ3) is 29.3. The monoisotopic (exact) mass is 1960 g/mol. The van der Waals surface area contributed by atoms with Gasteiger partial charge in [-0.2, -0.15) is 35.9 Å². The maximum Gasteiger partial charge on any atom is 0.573 e. The van der Waals surface area contributed by atoms with E-state index in [4.69, 9.17) is 41.2 Å². The number of fused-ring (bicyclic) bond motifs is 1. The second kappa shape index (κ2) is 47.2. The summed E-state index contributed by atoms with van der Waals surface area (Å²) in [7, 11) is 1.29. The van der Waals surface area contributed by atoms with Crippen LogP contribution >= 0.6 is 0 Å². The Morgan fingerprint density at radius 3 is 0.993 bits per heavy atom. The maximum absolute atomic E-state index is 12.5. The van der Waals surface area contributed by atoms with Gasteiger partial charge in [0.05, 0.1) is 102 Å². The van der Waals surface area contributed by atoms with Crippen LogP contribution in [0.2, 0.25) is 0 Å². The number of furan rings is 6. The van der Waals surface area contributed by atoms with E-state index >= 15 is 0 Å². The number of nitriles is 1. The molecule has 12 aromatic heterocycles. The number of hydrogen-bond acceptors (Lipinski definition) is 26. The third-order valence-electron chi connectivity index (χ3n) is 19.1. The van der Waals surface area contributed by atoms with Crippen molar-refractivity contribution in [1.82, 2.24) is 58.7 Å². The van der Waals surface area contributed by atoms with Crippen LogP contribution in [0.4, 0.5) is 39.5 Å². The van der Waals surface area contributed by atoms with Crippen LogP contribution < -0.4 is 23.7 Å². The summed E-state index contributed by atoms with van der Waals surface area (Å²) in [4.78, 5) is 85.8. The smallest absolute Gasteiger partial charge is 0.465 e. The predicted octanol–water partition coefficient (Wildman–Crippen LogP) is 22.1. The van der Waals surface area contributed by atoms with Gasteiger partial charge in [-0.25, -0.2) is 32.9 Å². The molecule has 41 heteroatoms. The Morgan fingerprint density at radius 2 is 0.625 bits per heavy atom. The summed E-state index contributed by atoms with van der Waals surface area (Å²) in [5, 5.41) is 33.7. The van der Waals surface area contributed by atoms with Crippen LogP contribution in [0.3, 0.4) is 0 Å². The van der Waals surface area contributed by atoms with Gasteiger partial charge in [-0.3, -0.25) is 28.8 Å². The van der Waals surface area contributed by atoms with Gasteiger partial charge in [-0.05, 0) is 291 Å². The number of nitrogens with zero attached hydrogens (tertiary/aromatic N) is 13. The van der Waals surface area contributed by atoms with Gasteiger partial charge in [0.1, 0.15) is 51.8 Å². The number of esters is 1. The SMILES string of the molecule is COC(=O)c1cccc(C(=O)n2ccc(/C=C/c3ccco3)n2)c1.N#Cc1cccc(C(=O)n2ccc(/C=C/c3ccco3)n2)c1.O=C(c1ccc(OC(F)(F)F)cc1)n1ccc(/C=C/c2ccco2)n1.O=C(c1ccc2c(c1)OCO2)n1ccc(/C=C/c2ccco2)n1.O=C(c1cccc(OC(F)(F)F)c1)n1ccc(/C=C/c2ccco2)n1.O=C(c1ccccc1OC(F)(F)F)n1ccc(/C=C/c2ccco2)n1. The number of hydrogen-bond donors (Lipinski definition) is 0. The number of alkyl halides is 9. The molecule has 0 saturated heterocycles. The largest absolute Gasteiger partial charge is 0.573 e. The van der Waals surface area contributed by atoms with Crippen molar-refractivity contribution in [2.45, 2.75) is 19.1 Å². The molecule has 13 heterocycles. The van der Waals surface area contributed by atoms with Crippen molar-refractivity contribution >= 4 is 114 Å². The summed E-state index contributed by atoms with van der Waals surface area (Å²) < 4.78 is 175. The third-order valence-corrected chi connectivity index (χ3v) is 19.1. The Labute approximate surface area is 807 Å². The molecule has 0 amide bonds. The normalized spacial score (nSPS) is 11.6. The van der Waals surface area contributed by atoms with Crippen molar-refractivity contribution in [2.24, 2.45) is 0 Å². The second-order valence-corrected chi connectivity index (χ2v) is 29.1. The number of benzene rings is 6. The number of aromatic nitrogens is 12. The van der Waals surface area contributed by atoms with Crippen molar-refractivity contribution in [3.8, 4) is 34.8 Å². The number of para-hydroxylation sites is 1. The molecule has 1 aliphatic heterocycles. The first-order chi connectivity index (χ1) is 69.5. The average Bonchev–Trinajstić information content (AvgIpc) is 1.73. The summed E-state index contributed by atoms with van der Waals surface area (Å²) in [6.45, 7) is 0.177. The molecule has 0 bridgehead atoms. The van der Waals surface area contributed by atoms with E-state index in [9.17, 15) is 73.1 Å². The molecule has 19 rings (SSSR count). The first kappa shape index (κ1) is 100. The van der Waals surface area contributed by atoms with E-state index in [1.807, 2.05) is 24.3 Å². The number of ether oxygens (including phenoxy) is 6. The summed E-state index contributed by atoms with van der Waals surface area (Å²) in [6, 6.07) is 65.7. The molecule has 0 aliphatic carbocycles. The molecule has 0 N–H and O–H groups in total. The average molecular weight is 1960 g/mol. The molecule has 1 aliphatic rings. The number of carbonyl (C=O) groups is 7. The van der Waals surface area contributed by atoms with Gasteiger partial charge in [-0.15, -0.1) is 39.5 Å². The predicted molar refractivity (Wildman–Crippen MR) is 498 cm³/mol. The fourth-order valence-corrected chi connectivity index (χ4v) is 12.5. The number of rotatable bonds is 22. The maximum atomic E-state index is 12.5. The van der Waals surface area contributed by atoms with Crippen LogP contribution in [0.1, 0.15) is 147 Å². The summed E-state index contributed by atoms with van der Waals surface area (Å²) >= 11 is 0. The molecule has 0 atom stereocenters. The van der Waals surface area contributed by atoms with Crippen molar-refractivity contribution in [1.29, 1.82) is 5.26 Å². The van der Waals surface area contributed by atoms with Gasteiger partial charge in [0.15, 0.2) is 11.5 Å². The lowest BCUT2D eigenvalue weighted by Gasteiger charge is -2.12. The highest BCUT2D eigenvalue weighted by Crippen LogP contribution is 2.34. The molecule has 724 valence electrons. The number of carbonyl (C=O) groups excluding carboxylic acids is 7. The van der Waals surface area contributed by atoms with E-state index < -0.39 is 60.0 Å². The van der Waals surface area contributed by atoms with Crippen molar-refractivity contribution in [3.63, 3.8) is 0 Å². The van der Waals surface area contributed by atoms with Gasteiger partial charge < -0.3 is 54.9 Å². The Balaban J connectivity index is 0.000000137. The molecule has 32 nitrogen and oxygen atoms in total. The van der Waals surface area contributed by atoms with Gasteiger partial charge in [0, 0.05) is 65.0 Å². The Kier molecular flexibility index (Phi) is 32.8. The van der Waals surface area contributed by atoms with E-state index in [0.29, 0.717) is 102 Å². The van der Waals surface area contributed by atoms with E-state index in [-0.39, 0.29) is 41.2 Å². The second-order valence-electron chi connectivity index (χ2n) is 29.1. The fourth-order valence-electron chi connectivity index (χ4n) is 12.5. The lowest BCUT2D eigenvalue weighted by molar-refractivity contribution is -0.275. The van der Waals surface area contributed by atoms with Gasteiger partial charge in [0.25, 0.3) is 35.4 Å². The Bertz CT molecular complexity index is 7630. The van der Waals surface area contributed by atoms with E-state index in [1.54, 1.807) is 262 Å². The van der Waals surface area contributed by atoms with Gasteiger partial charge in [-0.1, -0.05) is 30.3 Å². The lowest BCUT2D eigenvalue weighted by atomic mass is 10.1.